The lowest BCUT2D eigenvalue weighted by Crippen LogP contribution is -2.26. The molecule has 110 valence electrons. The van der Waals surface area contributed by atoms with E-state index >= 15 is 0 Å². The Hall–Kier alpha value is -1.40. The van der Waals surface area contributed by atoms with E-state index in [0.29, 0.717) is 30.0 Å². The molecule has 6 heteroatoms. The molecule has 2 fully saturated rings. The minimum atomic E-state index is -0.147. The smallest absolute Gasteiger partial charge is 0.273 e. The Morgan fingerprint density at radius 1 is 1.35 bits per heavy atom. The first-order valence-corrected chi connectivity index (χ1v) is 7.37. The molecule has 1 amide bonds. The van der Waals surface area contributed by atoms with Gasteiger partial charge in [-0.2, -0.15) is 0 Å². The third kappa shape index (κ3) is 3.80. The van der Waals surface area contributed by atoms with E-state index in [1.807, 2.05) is 0 Å². The van der Waals surface area contributed by atoms with E-state index in [9.17, 15) is 4.79 Å². The molecule has 6 nitrogen and oxygen atoms in total. The summed E-state index contributed by atoms with van der Waals surface area (Å²) in [4.78, 5) is 11.8. The molecule has 2 N–H and O–H groups in total. The Kier molecular flexibility index (Phi) is 4.32. The highest BCUT2D eigenvalue weighted by molar-refractivity contribution is 5.92. The average molecular weight is 279 g/mol. The van der Waals surface area contributed by atoms with Crippen molar-refractivity contribution < 1.29 is 14.1 Å². The molecule has 20 heavy (non-hydrogen) atoms. The molecular formula is C14H21N3O3. The van der Waals surface area contributed by atoms with Gasteiger partial charge in [0.25, 0.3) is 5.91 Å². The molecule has 2 aliphatic rings. The maximum Gasteiger partial charge on any atom is 0.273 e. The van der Waals surface area contributed by atoms with Crippen molar-refractivity contribution in [1.29, 1.82) is 0 Å². The minimum absolute atomic E-state index is 0.147. The van der Waals surface area contributed by atoms with Gasteiger partial charge < -0.3 is 19.9 Å². The largest absolute Gasteiger partial charge is 0.377 e. The summed E-state index contributed by atoms with van der Waals surface area (Å²) in [5.74, 6) is 1.20. The maximum absolute atomic E-state index is 11.8. The van der Waals surface area contributed by atoms with Crippen molar-refractivity contribution in [3.8, 4) is 0 Å². The van der Waals surface area contributed by atoms with Crippen LogP contribution in [0.1, 0.15) is 41.9 Å². The van der Waals surface area contributed by atoms with E-state index in [4.69, 9.17) is 9.26 Å². The molecule has 1 saturated heterocycles. The van der Waals surface area contributed by atoms with Gasteiger partial charge in [-0.25, -0.2) is 0 Å². The first-order valence-electron chi connectivity index (χ1n) is 7.37. The number of hydrogen-bond donors (Lipinski definition) is 2. The Bertz CT molecular complexity index is 450. The normalized spacial score (nSPS) is 22.1. The number of ether oxygens (including phenoxy) is 1. The Labute approximate surface area is 118 Å². The van der Waals surface area contributed by atoms with Gasteiger partial charge in [0, 0.05) is 25.8 Å². The van der Waals surface area contributed by atoms with Gasteiger partial charge in [-0.1, -0.05) is 5.16 Å². The molecule has 1 saturated carbocycles. The molecule has 1 atom stereocenters. The minimum Gasteiger partial charge on any atom is -0.377 e. The molecule has 2 heterocycles. The summed E-state index contributed by atoms with van der Waals surface area (Å²) >= 11 is 0. The second kappa shape index (κ2) is 6.37. The lowest BCUT2D eigenvalue weighted by Gasteiger charge is -2.08. The Morgan fingerprint density at radius 2 is 2.25 bits per heavy atom. The zero-order valence-electron chi connectivity index (χ0n) is 11.6. The molecule has 0 spiro atoms. The molecule has 0 bridgehead atoms. The van der Waals surface area contributed by atoms with Crippen LogP contribution in [0.15, 0.2) is 10.6 Å². The van der Waals surface area contributed by atoms with Crippen molar-refractivity contribution in [3.63, 3.8) is 0 Å². The monoisotopic (exact) mass is 279 g/mol. The summed E-state index contributed by atoms with van der Waals surface area (Å²) < 4.78 is 10.7. The number of carbonyl (C=O) groups is 1. The van der Waals surface area contributed by atoms with Crippen LogP contribution in [0, 0.1) is 5.92 Å². The molecule has 1 aromatic heterocycles. The number of nitrogens with one attached hydrogen (secondary N) is 2. The number of carbonyl (C=O) groups excluding carboxylic acids is 1. The van der Waals surface area contributed by atoms with Crippen molar-refractivity contribution >= 4 is 5.91 Å². The van der Waals surface area contributed by atoms with Crippen LogP contribution in [-0.4, -0.2) is 36.9 Å². The van der Waals surface area contributed by atoms with Crippen LogP contribution in [-0.2, 0) is 11.3 Å². The zero-order valence-corrected chi connectivity index (χ0v) is 11.6. The van der Waals surface area contributed by atoms with Crippen molar-refractivity contribution in [3.05, 3.63) is 17.5 Å². The lowest BCUT2D eigenvalue weighted by atomic mass is 10.2. The SMILES string of the molecule is O=C(NCC1CC1)c1cc(CNCC2CCCO2)on1. The average Bonchev–Trinajstić information content (AvgIpc) is 2.93. The van der Waals surface area contributed by atoms with Crippen LogP contribution in [0.4, 0.5) is 0 Å². The Morgan fingerprint density at radius 3 is 3.00 bits per heavy atom. The predicted octanol–water partition coefficient (Wildman–Crippen LogP) is 1.08. The molecule has 1 aromatic rings. The third-order valence-electron chi connectivity index (χ3n) is 3.74. The van der Waals surface area contributed by atoms with Gasteiger partial charge in [0.2, 0.25) is 0 Å². The molecule has 1 unspecified atom stereocenters. The highest BCUT2D eigenvalue weighted by Gasteiger charge is 2.22. The molecule has 0 aromatic carbocycles. The fourth-order valence-corrected chi connectivity index (χ4v) is 2.31. The highest BCUT2D eigenvalue weighted by atomic mass is 16.5. The van der Waals surface area contributed by atoms with Crippen molar-refractivity contribution in [2.24, 2.45) is 5.92 Å². The summed E-state index contributed by atoms with van der Waals surface area (Å²) in [7, 11) is 0. The quantitative estimate of drug-likeness (QED) is 0.781. The summed E-state index contributed by atoms with van der Waals surface area (Å²) in [6.07, 6.45) is 4.99. The topological polar surface area (TPSA) is 76.4 Å². The van der Waals surface area contributed by atoms with E-state index in [2.05, 4.69) is 15.8 Å². The highest BCUT2D eigenvalue weighted by Crippen LogP contribution is 2.27. The molecule has 1 aliphatic carbocycles. The van der Waals surface area contributed by atoms with E-state index < -0.39 is 0 Å². The first kappa shape index (κ1) is 13.6. The molecule has 1 aliphatic heterocycles. The number of rotatable bonds is 7. The van der Waals surface area contributed by atoms with Gasteiger partial charge in [-0.3, -0.25) is 4.79 Å². The second-order valence-electron chi connectivity index (χ2n) is 5.60. The lowest BCUT2D eigenvalue weighted by molar-refractivity contribution is 0.0942. The van der Waals surface area contributed by atoms with Crippen LogP contribution >= 0.6 is 0 Å². The van der Waals surface area contributed by atoms with E-state index in [-0.39, 0.29) is 5.91 Å². The standard InChI is InChI=1S/C14H21N3O3/c18-14(16-7-10-3-4-10)13-6-12(20-17-13)9-15-8-11-2-1-5-19-11/h6,10-11,15H,1-5,7-9H2,(H,16,18). The summed E-state index contributed by atoms with van der Waals surface area (Å²) in [6, 6.07) is 1.70. The van der Waals surface area contributed by atoms with E-state index in [1.54, 1.807) is 6.07 Å². The fourth-order valence-electron chi connectivity index (χ4n) is 2.31. The van der Waals surface area contributed by atoms with E-state index in [1.165, 1.54) is 12.8 Å². The zero-order chi connectivity index (χ0) is 13.8. The third-order valence-corrected chi connectivity index (χ3v) is 3.74. The van der Waals surface area contributed by atoms with Gasteiger partial charge in [0.15, 0.2) is 11.5 Å². The van der Waals surface area contributed by atoms with Crippen molar-refractivity contribution in [2.75, 3.05) is 19.7 Å². The molecular weight excluding hydrogens is 258 g/mol. The number of hydrogen-bond acceptors (Lipinski definition) is 5. The molecule has 3 rings (SSSR count). The number of amides is 1. The van der Waals surface area contributed by atoms with Gasteiger partial charge in [-0.15, -0.1) is 0 Å². The summed E-state index contributed by atoms with van der Waals surface area (Å²) in [6.45, 7) is 2.99. The Balaban J connectivity index is 1.39. The van der Waals surface area contributed by atoms with Crippen LogP contribution in [0.5, 0.6) is 0 Å². The predicted molar refractivity (Wildman–Crippen MR) is 72.2 cm³/mol. The second-order valence-corrected chi connectivity index (χ2v) is 5.60. The van der Waals surface area contributed by atoms with Crippen LogP contribution < -0.4 is 10.6 Å². The first-order chi connectivity index (χ1) is 9.81. The van der Waals surface area contributed by atoms with Crippen LogP contribution in [0.3, 0.4) is 0 Å². The fraction of sp³-hybridized carbons (Fsp3) is 0.714. The maximum atomic E-state index is 11.8. The van der Waals surface area contributed by atoms with Gasteiger partial charge in [0.1, 0.15) is 0 Å². The summed E-state index contributed by atoms with van der Waals surface area (Å²) in [5, 5.41) is 9.95. The number of nitrogens with zero attached hydrogens (tertiary/aromatic N) is 1. The van der Waals surface area contributed by atoms with E-state index in [0.717, 1.165) is 32.5 Å². The molecule has 0 radical (unpaired) electrons. The van der Waals surface area contributed by atoms with Gasteiger partial charge in [0.05, 0.1) is 12.6 Å². The number of aromatic nitrogens is 1. The van der Waals surface area contributed by atoms with Gasteiger partial charge in [-0.05, 0) is 31.6 Å². The summed E-state index contributed by atoms with van der Waals surface area (Å²) in [5.41, 5.74) is 0.361. The van der Waals surface area contributed by atoms with Crippen molar-refractivity contribution in [1.82, 2.24) is 15.8 Å². The van der Waals surface area contributed by atoms with Crippen LogP contribution in [0.25, 0.3) is 0 Å². The van der Waals surface area contributed by atoms with Crippen LogP contribution in [0.2, 0.25) is 0 Å². The van der Waals surface area contributed by atoms with Crippen molar-refractivity contribution in [2.45, 2.75) is 38.3 Å². The van der Waals surface area contributed by atoms with Gasteiger partial charge >= 0.3 is 0 Å².